The molecule has 110 valence electrons. The van der Waals surface area contributed by atoms with Crippen molar-refractivity contribution in [2.45, 2.75) is 4.90 Å². The minimum atomic E-state index is -0.511. The molecular formula is C13H10Cl2FN3OS. The van der Waals surface area contributed by atoms with Gasteiger partial charge in [0.15, 0.2) is 5.82 Å². The molecule has 0 aliphatic heterocycles. The fourth-order valence-electron chi connectivity index (χ4n) is 1.42. The molecular weight excluding hydrogens is 336 g/mol. The first kappa shape index (κ1) is 15.9. The van der Waals surface area contributed by atoms with Gasteiger partial charge in [0, 0.05) is 11.1 Å². The van der Waals surface area contributed by atoms with Gasteiger partial charge >= 0.3 is 0 Å². The van der Waals surface area contributed by atoms with Crippen LogP contribution in [-0.4, -0.2) is 16.6 Å². The fraction of sp³-hybridized carbons (Fsp3) is 0.0769. The van der Waals surface area contributed by atoms with Crippen LogP contribution in [0.25, 0.3) is 0 Å². The molecule has 1 aromatic carbocycles. The first-order chi connectivity index (χ1) is 9.95. The Morgan fingerprint density at radius 2 is 2.14 bits per heavy atom. The maximum atomic E-state index is 13.3. The second-order valence-electron chi connectivity index (χ2n) is 4.00. The highest BCUT2D eigenvalue weighted by atomic mass is 35.5. The summed E-state index contributed by atoms with van der Waals surface area (Å²) in [6.07, 6.45) is 1.38. The number of hydrogen-bond donors (Lipinski definition) is 2. The van der Waals surface area contributed by atoms with Crippen LogP contribution in [0, 0.1) is 5.82 Å². The number of nitrogen functional groups attached to an aromatic ring is 1. The molecule has 0 saturated carbocycles. The quantitative estimate of drug-likeness (QED) is 0.652. The predicted molar refractivity (Wildman–Crippen MR) is 84.4 cm³/mol. The van der Waals surface area contributed by atoms with Crippen LogP contribution in [0.2, 0.25) is 10.0 Å². The van der Waals surface area contributed by atoms with E-state index in [1.807, 2.05) is 0 Å². The van der Waals surface area contributed by atoms with Crippen molar-refractivity contribution in [3.05, 3.63) is 46.3 Å². The maximum Gasteiger partial charge on any atom is 0.235 e. The molecule has 2 rings (SSSR count). The van der Waals surface area contributed by atoms with Gasteiger partial charge in [-0.1, -0.05) is 23.2 Å². The zero-order valence-electron chi connectivity index (χ0n) is 10.6. The molecule has 3 N–H and O–H groups in total. The summed E-state index contributed by atoms with van der Waals surface area (Å²) in [5.74, 6) is -0.504. The summed E-state index contributed by atoms with van der Waals surface area (Å²) in [6, 6.07) is 5.85. The smallest absolute Gasteiger partial charge is 0.235 e. The largest absolute Gasteiger partial charge is 0.396 e. The van der Waals surface area contributed by atoms with Crippen molar-refractivity contribution in [2.75, 3.05) is 16.8 Å². The molecule has 1 amide bonds. The van der Waals surface area contributed by atoms with Crippen LogP contribution >= 0.6 is 35.0 Å². The number of carbonyl (C=O) groups is 1. The lowest BCUT2D eigenvalue weighted by molar-refractivity contribution is -0.113. The van der Waals surface area contributed by atoms with Crippen molar-refractivity contribution in [1.82, 2.24) is 4.98 Å². The SMILES string of the molecule is Nc1ccc(SCC(=O)Nc2ncc(Cl)cc2Cl)cc1F. The van der Waals surface area contributed by atoms with Gasteiger partial charge in [-0.2, -0.15) is 0 Å². The number of thioether (sulfide) groups is 1. The second-order valence-corrected chi connectivity index (χ2v) is 5.90. The average molecular weight is 346 g/mol. The number of nitrogens with one attached hydrogen (secondary N) is 1. The highest BCUT2D eigenvalue weighted by Crippen LogP contribution is 2.24. The number of benzene rings is 1. The third-order valence-electron chi connectivity index (χ3n) is 2.41. The van der Waals surface area contributed by atoms with E-state index in [-0.39, 0.29) is 28.2 Å². The van der Waals surface area contributed by atoms with Crippen molar-refractivity contribution in [1.29, 1.82) is 0 Å². The summed E-state index contributed by atoms with van der Waals surface area (Å²) < 4.78 is 13.3. The summed E-state index contributed by atoms with van der Waals surface area (Å²) >= 11 is 12.8. The number of carbonyl (C=O) groups excluding carboxylic acids is 1. The number of aromatic nitrogens is 1. The van der Waals surface area contributed by atoms with Crippen molar-refractivity contribution in [3.8, 4) is 0 Å². The number of pyridine rings is 1. The molecule has 0 radical (unpaired) electrons. The van der Waals surface area contributed by atoms with E-state index in [1.165, 1.54) is 36.2 Å². The number of amides is 1. The van der Waals surface area contributed by atoms with Crippen LogP contribution in [0.5, 0.6) is 0 Å². The van der Waals surface area contributed by atoms with Gasteiger partial charge < -0.3 is 11.1 Å². The molecule has 0 aliphatic rings. The summed E-state index contributed by atoms with van der Waals surface area (Å²) in [6.45, 7) is 0. The van der Waals surface area contributed by atoms with Crippen molar-refractivity contribution < 1.29 is 9.18 Å². The molecule has 0 unspecified atom stereocenters. The van der Waals surface area contributed by atoms with Crippen LogP contribution < -0.4 is 11.1 Å². The van der Waals surface area contributed by atoms with E-state index < -0.39 is 5.82 Å². The average Bonchev–Trinajstić information content (AvgIpc) is 2.43. The molecule has 0 bridgehead atoms. The topological polar surface area (TPSA) is 68.0 Å². The molecule has 0 saturated heterocycles. The molecule has 1 heterocycles. The van der Waals surface area contributed by atoms with Gasteiger partial charge in [-0.05, 0) is 24.3 Å². The van der Waals surface area contributed by atoms with Crippen molar-refractivity contribution in [3.63, 3.8) is 0 Å². The van der Waals surface area contributed by atoms with E-state index >= 15 is 0 Å². The van der Waals surface area contributed by atoms with Crippen LogP contribution in [0.15, 0.2) is 35.4 Å². The van der Waals surface area contributed by atoms with Crippen LogP contribution in [0.4, 0.5) is 15.9 Å². The Labute approximate surface area is 134 Å². The number of nitrogens with zero attached hydrogens (tertiary/aromatic N) is 1. The molecule has 2 aromatic rings. The standard InChI is InChI=1S/C13H10Cl2FN3OS/c14-7-3-9(15)13(18-5-7)19-12(20)6-21-8-1-2-11(17)10(16)4-8/h1-5H,6,17H2,(H,18,19,20). The van der Waals surface area contributed by atoms with E-state index in [2.05, 4.69) is 10.3 Å². The monoisotopic (exact) mass is 345 g/mol. The van der Waals surface area contributed by atoms with Gasteiger partial charge in [0.2, 0.25) is 5.91 Å². The Balaban J connectivity index is 1.94. The zero-order valence-corrected chi connectivity index (χ0v) is 12.9. The summed E-state index contributed by atoms with van der Waals surface area (Å²) in [4.78, 5) is 16.3. The number of anilines is 2. The van der Waals surface area contributed by atoms with Gasteiger partial charge in [-0.3, -0.25) is 4.79 Å². The van der Waals surface area contributed by atoms with E-state index in [4.69, 9.17) is 28.9 Å². The molecule has 0 aliphatic carbocycles. The number of hydrogen-bond acceptors (Lipinski definition) is 4. The minimum Gasteiger partial charge on any atom is -0.396 e. The summed E-state index contributed by atoms with van der Waals surface area (Å²) in [5, 5.41) is 3.18. The molecule has 0 spiro atoms. The fourth-order valence-corrected chi connectivity index (χ4v) is 2.57. The number of halogens is 3. The van der Waals surface area contributed by atoms with E-state index in [0.29, 0.717) is 9.92 Å². The summed E-state index contributed by atoms with van der Waals surface area (Å²) in [7, 11) is 0. The van der Waals surface area contributed by atoms with Crippen LogP contribution in [0.1, 0.15) is 0 Å². The van der Waals surface area contributed by atoms with Gasteiger partial charge in [0.25, 0.3) is 0 Å². The first-order valence-electron chi connectivity index (χ1n) is 5.74. The Bertz CT molecular complexity index is 684. The second kappa shape index (κ2) is 6.98. The summed E-state index contributed by atoms with van der Waals surface area (Å²) in [5.41, 5.74) is 5.45. The highest BCUT2D eigenvalue weighted by molar-refractivity contribution is 8.00. The lowest BCUT2D eigenvalue weighted by atomic mass is 10.3. The van der Waals surface area contributed by atoms with E-state index in [1.54, 1.807) is 6.07 Å². The van der Waals surface area contributed by atoms with E-state index in [0.717, 1.165) is 0 Å². The van der Waals surface area contributed by atoms with Crippen molar-refractivity contribution >= 4 is 52.4 Å². The molecule has 0 fully saturated rings. The third-order valence-corrected chi connectivity index (χ3v) is 3.90. The lowest BCUT2D eigenvalue weighted by Crippen LogP contribution is -2.15. The van der Waals surface area contributed by atoms with Crippen LogP contribution in [0.3, 0.4) is 0 Å². The van der Waals surface area contributed by atoms with Gasteiger partial charge in [-0.15, -0.1) is 11.8 Å². The molecule has 8 heteroatoms. The van der Waals surface area contributed by atoms with Crippen LogP contribution in [-0.2, 0) is 4.79 Å². The highest BCUT2D eigenvalue weighted by Gasteiger charge is 2.09. The van der Waals surface area contributed by atoms with Gasteiger partial charge in [0.05, 0.1) is 21.5 Å². The Kier molecular flexibility index (Phi) is 5.27. The number of rotatable bonds is 4. The zero-order chi connectivity index (χ0) is 15.4. The maximum absolute atomic E-state index is 13.3. The molecule has 0 atom stereocenters. The normalized spacial score (nSPS) is 10.4. The Morgan fingerprint density at radius 1 is 1.38 bits per heavy atom. The number of nitrogens with two attached hydrogens (primary N) is 1. The molecule has 21 heavy (non-hydrogen) atoms. The Hall–Kier alpha value is -1.50. The molecule has 4 nitrogen and oxygen atoms in total. The molecule has 1 aromatic heterocycles. The van der Waals surface area contributed by atoms with Gasteiger partial charge in [-0.25, -0.2) is 9.37 Å². The Morgan fingerprint density at radius 3 is 2.81 bits per heavy atom. The minimum absolute atomic E-state index is 0.0703. The van der Waals surface area contributed by atoms with E-state index in [9.17, 15) is 9.18 Å². The third kappa shape index (κ3) is 4.49. The lowest BCUT2D eigenvalue weighted by Gasteiger charge is -2.06. The van der Waals surface area contributed by atoms with Gasteiger partial charge in [0.1, 0.15) is 5.82 Å². The first-order valence-corrected chi connectivity index (χ1v) is 7.48. The predicted octanol–water partition coefficient (Wildman–Crippen LogP) is 3.84. The van der Waals surface area contributed by atoms with Crippen molar-refractivity contribution in [2.24, 2.45) is 0 Å².